The molecule has 2 rings (SSSR count). The third-order valence-electron chi connectivity index (χ3n) is 2.21. The molecule has 0 saturated heterocycles. The molecule has 0 atom stereocenters. The second kappa shape index (κ2) is 3.65. The first-order valence-corrected chi connectivity index (χ1v) is 4.66. The monoisotopic (exact) mass is 201 g/mol. The molecule has 0 radical (unpaired) electrons. The number of Topliss-reactive ketones (excluding diaryl/α,β-unsaturated/α-hetero) is 1. The van der Waals surface area contributed by atoms with E-state index in [1.54, 1.807) is 11.7 Å². The Bertz CT molecular complexity index is 488. The van der Waals surface area contributed by atoms with E-state index in [0.717, 1.165) is 11.3 Å². The summed E-state index contributed by atoms with van der Waals surface area (Å²) in [6.07, 6.45) is 0. The van der Waals surface area contributed by atoms with E-state index in [1.165, 1.54) is 6.92 Å². The molecule has 1 aromatic carbocycles. The fourth-order valence-corrected chi connectivity index (χ4v) is 1.51. The Hall–Kier alpha value is -1.97. The lowest BCUT2D eigenvalue weighted by Gasteiger charge is -2.01. The molecule has 2 aromatic rings. The van der Waals surface area contributed by atoms with Gasteiger partial charge in [-0.15, -0.1) is 5.10 Å². The van der Waals surface area contributed by atoms with Gasteiger partial charge in [-0.1, -0.05) is 35.5 Å². The summed E-state index contributed by atoms with van der Waals surface area (Å²) < 4.78 is 1.62. The van der Waals surface area contributed by atoms with E-state index in [4.69, 9.17) is 0 Å². The summed E-state index contributed by atoms with van der Waals surface area (Å²) >= 11 is 0. The predicted octanol–water partition coefficient (Wildman–Crippen LogP) is 1.68. The SMILES string of the molecule is CC(=O)c1nnn(C)c1-c1ccccc1. The molecule has 0 bridgehead atoms. The topological polar surface area (TPSA) is 47.8 Å². The number of hydrogen-bond acceptors (Lipinski definition) is 3. The number of aromatic nitrogens is 3. The fraction of sp³-hybridized carbons (Fsp3) is 0.182. The highest BCUT2D eigenvalue weighted by molar-refractivity contribution is 5.97. The van der Waals surface area contributed by atoms with Crippen LogP contribution in [-0.2, 0) is 7.05 Å². The largest absolute Gasteiger partial charge is 0.293 e. The first kappa shape index (κ1) is 9.58. The maximum Gasteiger partial charge on any atom is 0.182 e. The number of ketones is 1. The van der Waals surface area contributed by atoms with Crippen molar-refractivity contribution in [3.8, 4) is 11.3 Å². The average molecular weight is 201 g/mol. The van der Waals surface area contributed by atoms with Gasteiger partial charge in [-0.2, -0.15) is 0 Å². The Kier molecular flexibility index (Phi) is 2.33. The Balaban J connectivity index is 2.62. The van der Waals surface area contributed by atoms with Crippen LogP contribution in [0.15, 0.2) is 30.3 Å². The van der Waals surface area contributed by atoms with Crippen molar-refractivity contribution in [2.24, 2.45) is 7.05 Å². The van der Waals surface area contributed by atoms with E-state index in [2.05, 4.69) is 10.3 Å². The van der Waals surface area contributed by atoms with Gasteiger partial charge in [0.1, 0.15) is 0 Å². The fourth-order valence-electron chi connectivity index (χ4n) is 1.51. The molecule has 4 heteroatoms. The van der Waals surface area contributed by atoms with Crippen molar-refractivity contribution in [1.29, 1.82) is 0 Å². The number of aryl methyl sites for hydroxylation is 1. The normalized spacial score (nSPS) is 10.3. The van der Waals surface area contributed by atoms with Gasteiger partial charge < -0.3 is 0 Å². The first-order chi connectivity index (χ1) is 7.20. The van der Waals surface area contributed by atoms with Crippen molar-refractivity contribution in [2.45, 2.75) is 6.92 Å². The van der Waals surface area contributed by atoms with Crippen molar-refractivity contribution in [3.05, 3.63) is 36.0 Å². The highest BCUT2D eigenvalue weighted by Gasteiger charge is 2.15. The van der Waals surface area contributed by atoms with Gasteiger partial charge in [0.15, 0.2) is 11.5 Å². The van der Waals surface area contributed by atoms with Crippen molar-refractivity contribution < 1.29 is 4.79 Å². The van der Waals surface area contributed by atoms with Gasteiger partial charge in [0.25, 0.3) is 0 Å². The van der Waals surface area contributed by atoms with Crippen LogP contribution in [0.1, 0.15) is 17.4 Å². The molecular formula is C11H11N3O. The highest BCUT2D eigenvalue weighted by atomic mass is 16.1. The number of benzene rings is 1. The van der Waals surface area contributed by atoms with Crippen molar-refractivity contribution in [2.75, 3.05) is 0 Å². The minimum Gasteiger partial charge on any atom is -0.293 e. The van der Waals surface area contributed by atoms with Crippen LogP contribution in [0.5, 0.6) is 0 Å². The van der Waals surface area contributed by atoms with Gasteiger partial charge in [-0.25, -0.2) is 4.68 Å². The van der Waals surface area contributed by atoms with Gasteiger partial charge in [0.2, 0.25) is 0 Å². The molecule has 1 heterocycles. The number of nitrogens with zero attached hydrogens (tertiary/aromatic N) is 3. The minimum atomic E-state index is -0.0676. The van der Waals surface area contributed by atoms with Gasteiger partial charge in [-0.3, -0.25) is 4.79 Å². The number of carbonyl (C=O) groups is 1. The number of carbonyl (C=O) groups excluding carboxylic acids is 1. The van der Waals surface area contributed by atoms with Crippen LogP contribution in [0.4, 0.5) is 0 Å². The van der Waals surface area contributed by atoms with E-state index >= 15 is 0 Å². The quantitative estimate of drug-likeness (QED) is 0.694. The maximum atomic E-state index is 11.3. The van der Waals surface area contributed by atoms with Crippen molar-refractivity contribution >= 4 is 5.78 Å². The number of rotatable bonds is 2. The van der Waals surface area contributed by atoms with Crippen LogP contribution >= 0.6 is 0 Å². The lowest BCUT2D eigenvalue weighted by molar-refractivity contribution is 0.101. The maximum absolute atomic E-state index is 11.3. The Morgan fingerprint density at radius 2 is 1.93 bits per heavy atom. The van der Waals surface area contributed by atoms with Gasteiger partial charge in [0.05, 0.1) is 5.69 Å². The van der Waals surface area contributed by atoms with E-state index in [1.807, 2.05) is 30.3 Å². The molecule has 0 spiro atoms. The molecule has 1 aromatic heterocycles. The highest BCUT2D eigenvalue weighted by Crippen LogP contribution is 2.21. The van der Waals surface area contributed by atoms with Gasteiger partial charge in [-0.05, 0) is 0 Å². The molecule has 0 aliphatic carbocycles. The zero-order valence-corrected chi connectivity index (χ0v) is 8.64. The summed E-state index contributed by atoms with van der Waals surface area (Å²) in [5.41, 5.74) is 2.14. The standard InChI is InChI=1S/C11H11N3O/c1-8(15)10-11(14(2)13-12-10)9-6-4-3-5-7-9/h3-7H,1-2H3. The van der Waals surface area contributed by atoms with Crippen LogP contribution in [0.3, 0.4) is 0 Å². The van der Waals surface area contributed by atoms with E-state index in [0.29, 0.717) is 5.69 Å². The minimum absolute atomic E-state index is 0.0676. The summed E-state index contributed by atoms with van der Waals surface area (Å²) in [5.74, 6) is -0.0676. The summed E-state index contributed by atoms with van der Waals surface area (Å²) in [4.78, 5) is 11.3. The lowest BCUT2D eigenvalue weighted by atomic mass is 10.1. The smallest absolute Gasteiger partial charge is 0.182 e. The van der Waals surface area contributed by atoms with Crippen molar-refractivity contribution in [3.63, 3.8) is 0 Å². The van der Waals surface area contributed by atoms with E-state index in [9.17, 15) is 4.79 Å². The van der Waals surface area contributed by atoms with Crippen LogP contribution in [0.2, 0.25) is 0 Å². The molecule has 0 unspecified atom stereocenters. The van der Waals surface area contributed by atoms with Gasteiger partial charge >= 0.3 is 0 Å². The molecule has 4 nitrogen and oxygen atoms in total. The zero-order chi connectivity index (χ0) is 10.8. The molecule has 0 fully saturated rings. The molecule has 0 aliphatic rings. The van der Waals surface area contributed by atoms with Crippen LogP contribution in [-0.4, -0.2) is 20.8 Å². The predicted molar refractivity (Wildman–Crippen MR) is 56.4 cm³/mol. The first-order valence-electron chi connectivity index (χ1n) is 4.66. The van der Waals surface area contributed by atoms with Crippen molar-refractivity contribution in [1.82, 2.24) is 15.0 Å². The zero-order valence-electron chi connectivity index (χ0n) is 8.64. The van der Waals surface area contributed by atoms with Crippen LogP contribution in [0, 0.1) is 0 Å². The van der Waals surface area contributed by atoms with Gasteiger partial charge in [0, 0.05) is 19.5 Å². The van der Waals surface area contributed by atoms with Crippen LogP contribution in [0.25, 0.3) is 11.3 Å². The molecule has 15 heavy (non-hydrogen) atoms. The average Bonchev–Trinajstić information content (AvgIpc) is 2.61. The Morgan fingerprint density at radius 3 is 2.53 bits per heavy atom. The second-order valence-corrected chi connectivity index (χ2v) is 3.33. The third-order valence-corrected chi connectivity index (χ3v) is 2.21. The summed E-state index contributed by atoms with van der Waals surface area (Å²) in [6, 6.07) is 9.65. The molecular weight excluding hydrogens is 190 g/mol. The second-order valence-electron chi connectivity index (χ2n) is 3.33. The van der Waals surface area contributed by atoms with Crippen LogP contribution < -0.4 is 0 Å². The Morgan fingerprint density at radius 1 is 1.27 bits per heavy atom. The Labute approximate surface area is 87.5 Å². The van der Waals surface area contributed by atoms with E-state index < -0.39 is 0 Å². The summed E-state index contributed by atoms with van der Waals surface area (Å²) in [5, 5.41) is 7.72. The molecule has 0 aliphatic heterocycles. The lowest BCUT2D eigenvalue weighted by Crippen LogP contribution is -1.98. The molecule has 0 saturated carbocycles. The summed E-state index contributed by atoms with van der Waals surface area (Å²) in [7, 11) is 1.78. The molecule has 0 N–H and O–H groups in total. The number of hydrogen-bond donors (Lipinski definition) is 0. The summed E-state index contributed by atoms with van der Waals surface area (Å²) in [6.45, 7) is 1.50. The molecule has 0 amide bonds. The third kappa shape index (κ3) is 1.66. The van der Waals surface area contributed by atoms with E-state index in [-0.39, 0.29) is 5.78 Å². The molecule has 76 valence electrons.